The standard InChI is InChI=1S/C19H19ClN4O3/c1-26-18-10-21-16(9-22-18)13-7-15-11(6-14(13)20)5-12(24-15)8-23-19(25)17-3-2-4-27-17/h5-7,9-10,17,24H,2-4,8H2,1H3,(H,23,25)/t17-/m1/s1. The van der Waals surface area contributed by atoms with Gasteiger partial charge in [-0.3, -0.25) is 4.79 Å². The first kappa shape index (κ1) is 17.8. The molecular weight excluding hydrogens is 368 g/mol. The van der Waals surface area contributed by atoms with Crippen LogP contribution in [-0.2, 0) is 16.1 Å². The lowest BCUT2D eigenvalue weighted by molar-refractivity contribution is -0.130. The summed E-state index contributed by atoms with van der Waals surface area (Å²) in [7, 11) is 1.54. The van der Waals surface area contributed by atoms with Crippen molar-refractivity contribution in [1.29, 1.82) is 0 Å². The van der Waals surface area contributed by atoms with E-state index in [1.165, 1.54) is 0 Å². The average molecular weight is 387 g/mol. The molecule has 140 valence electrons. The third-order valence-electron chi connectivity index (χ3n) is 4.55. The predicted octanol–water partition coefficient (Wildman–Crippen LogP) is 3.08. The van der Waals surface area contributed by atoms with Gasteiger partial charge >= 0.3 is 0 Å². The molecule has 7 nitrogen and oxygen atoms in total. The largest absolute Gasteiger partial charge is 0.480 e. The van der Waals surface area contributed by atoms with E-state index in [-0.39, 0.29) is 12.0 Å². The minimum Gasteiger partial charge on any atom is -0.480 e. The third kappa shape index (κ3) is 3.74. The summed E-state index contributed by atoms with van der Waals surface area (Å²) in [6.07, 6.45) is 4.55. The molecule has 0 spiro atoms. The van der Waals surface area contributed by atoms with Gasteiger partial charge in [-0.25, -0.2) is 9.97 Å². The normalized spacial score (nSPS) is 16.6. The fraction of sp³-hybridized carbons (Fsp3) is 0.316. The topological polar surface area (TPSA) is 89.1 Å². The minimum atomic E-state index is -0.330. The first-order valence-corrected chi connectivity index (χ1v) is 9.08. The highest BCUT2D eigenvalue weighted by Gasteiger charge is 2.23. The van der Waals surface area contributed by atoms with Crippen LogP contribution in [0.2, 0.25) is 5.02 Å². The van der Waals surface area contributed by atoms with Crippen molar-refractivity contribution in [2.24, 2.45) is 0 Å². The van der Waals surface area contributed by atoms with Crippen LogP contribution in [0.4, 0.5) is 0 Å². The molecule has 27 heavy (non-hydrogen) atoms. The van der Waals surface area contributed by atoms with Crippen molar-refractivity contribution in [1.82, 2.24) is 20.3 Å². The van der Waals surface area contributed by atoms with Crippen molar-refractivity contribution in [3.05, 3.63) is 41.3 Å². The van der Waals surface area contributed by atoms with E-state index in [4.69, 9.17) is 21.1 Å². The number of aromatic nitrogens is 3. The Morgan fingerprint density at radius 1 is 1.37 bits per heavy atom. The summed E-state index contributed by atoms with van der Waals surface area (Å²) in [5.41, 5.74) is 3.24. The highest BCUT2D eigenvalue weighted by atomic mass is 35.5. The number of H-pyrrole nitrogens is 1. The summed E-state index contributed by atoms with van der Waals surface area (Å²) >= 11 is 6.44. The van der Waals surface area contributed by atoms with Crippen molar-refractivity contribution in [3.63, 3.8) is 0 Å². The summed E-state index contributed by atoms with van der Waals surface area (Å²) in [5, 5.41) is 4.45. The maximum absolute atomic E-state index is 12.1. The highest BCUT2D eigenvalue weighted by molar-refractivity contribution is 6.34. The Balaban J connectivity index is 1.54. The molecule has 0 bridgehead atoms. The predicted molar refractivity (Wildman–Crippen MR) is 102 cm³/mol. The fourth-order valence-electron chi connectivity index (χ4n) is 3.15. The number of halogens is 1. The number of hydrogen-bond donors (Lipinski definition) is 2. The van der Waals surface area contributed by atoms with Crippen LogP contribution in [0, 0.1) is 0 Å². The monoisotopic (exact) mass is 386 g/mol. The van der Waals surface area contributed by atoms with Crippen molar-refractivity contribution < 1.29 is 14.3 Å². The molecule has 0 saturated carbocycles. The number of hydrogen-bond acceptors (Lipinski definition) is 5. The van der Waals surface area contributed by atoms with Gasteiger partial charge in [0, 0.05) is 28.8 Å². The van der Waals surface area contributed by atoms with E-state index in [0.29, 0.717) is 29.7 Å². The minimum absolute atomic E-state index is 0.0709. The zero-order chi connectivity index (χ0) is 18.8. The molecule has 0 aliphatic carbocycles. The number of amides is 1. The van der Waals surface area contributed by atoms with Crippen LogP contribution >= 0.6 is 11.6 Å². The van der Waals surface area contributed by atoms with Gasteiger partial charge in [-0.1, -0.05) is 11.6 Å². The number of nitrogens with one attached hydrogen (secondary N) is 2. The Labute approximate surface area is 161 Å². The summed E-state index contributed by atoms with van der Waals surface area (Å²) in [5.74, 6) is 0.374. The van der Waals surface area contributed by atoms with Crippen LogP contribution in [0.25, 0.3) is 22.2 Å². The van der Waals surface area contributed by atoms with E-state index >= 15 is 0 Å². The molecular formula is C19H19ClN4O3. The van der Waals surface area contributed by atoms with E-state index in [1.54, 1.807) is 19.5 Å². The maximum atomic E-state index is 12.1. The first-order chi connectivity index (χ1) is 13.1. The number of methoxy groups -OCH3 is 1. The second kappa shape index (κ2) is 7.54. The van der Waals surface area contributed by atoms with Gasteiger partial charge in [0.05, 0.1) is 36.8 Å². The Hall–Kier alpha value is -2.64. The summed E-state index contributed by atoms with van der Waals surface area (Å²) < 4.78 is 10.4. The number of rotatable bonds is 5. The van der Waals surface area contributed by atoms with Crippen molar-refractivity contribution in [2.45, 2.75) is 25.5 Å². The Morgan fingerprint density at radius 2 is 2.26 bits per heavy atom. The van der Waals surface area contributed by atoms with Crippen molar-refractivity contribution in [3.8, 4) is 17.1 Å². The quantitative estimate of drug-likeness (QED) is 0.703. The van der Waals surface area contributed by atoms with Gasteiger partial charge in [0.2, 0.25) is 11.8 Å². The Kier molecular flexibility index (Phi) is 4.96. The molecule has 1 aromatic carbocycles. The first-order valence-electron chi connectivity index (χ1n) is 8.71. The average Bonchev–Trinajstić information content (AvgIpc) is 3.35. The molecule has 8 heteroatoms. The highest BCUT2D eigenvalue weighted by Crippen LogP contribution is 2.31. The summed E-state index contributed by atoms with van der Waals surface area (Å²) in [6, 6.07) is 5.78. The van der Waals surface area contributed by atoms with Crippen molar-refractivity contribution in [2.75, 3.05) is 13.7 Å². The maximum Gasteiger partial charge on any atom is 0.249 e. The second-order valence-corrected chi connectivity index (χ2v) is 6.78. The van der Waals surface area contributed by atoms with Gasteiger partial charge in [-0.05, 0) is 31.0 Å². The SMILES string of the molecule is COc1cnc(-c2cc3[nH]c(CNC(=O)[C@H]4CCCO4)cc3cc2Cl)cn1. The van der Waals surface area contributed by atoms with Crippen LogP contribution in [-0.4, -0.2) is 40.7 Å². The fourth-order valence-corrected chi connectivity index (χ4v) is 3.41. The van der Waals surface area contributed by atoms with Gasteiger partial charge < -0.3 is 19.8 Å². The molecule has 1 saturated heterocycles. The Morgan fingerprint density at radius 3 is 2.96 bits per heavy atom. The third-order valence-corrected chi connectivity index (χ3v) is 4.87. The van der Waals surface area contributed by atoms with E-state index in [1.807, 2.05) is 18.2 Å². The zero-order valence-electron chi connectivity index (χ0n) is 14.8. The molecule has 4 rings (SSSR count). The molecule has 1 aliphatic rings. The number of ether oxygens (including phenoxy) is 2. The molecule has 1 fully saturated rings. The lowest BCUT2D eigenvalue weighted by Gasteiger charge is -2.09. The van der Waals surface area contributed by atoms with E-state index in [9.17, 15) is 4.79 Å². The van der Waals surface area contributed by atoms with E-state index < -0.39 is 0 Å². The number of benzene rings is 1. The molecule has 2 N–H and O–H groups in total. The molecule has 1 aliphatic heterocycles. The van der Waals surface area contributed by atoms with E-state index in [2.05, 4.69) is 20.3 Å². The molecule has 3 heterocycles. The number of carbonyl (C=O) groups is 1. The summed E-state index contributed by atoms with van der Waals surface area (Å²) in [6.45, 7) is 1.06. The summed E-state index contributed by atoms with van der Waals surface area (Å²) in [4.78, 5) is 23.9. The number of nitrogens with zero attached hydrogens (tertiary/aromatic N) is 2. The molecule has 1 amide bonds. The molecule has 3 aromatic rings. The van der Waals surface area contributed by atoms with Gasteiger partial charge in [-0.2, -0.15) is 0 Å². The van der Waals surface area contributed by atoms with Gasteiger partial charge in [-0.15, -0.1) is 0 Å². The van der Waals surface area contributed by atoms with E-state index in [0.717, 1.165) is 35.0 Å². The molecule has 2 aromatic heterocycles. The number of fused-ring (bicyclic) bond motifs is 1. The Bertz CT molecular complexity index is 965. The molecule has 0 radical (unpaired) electrons. The smallest absolute Gasteiger partial charge is 0.249 e. The van der Waals surface area contributed by atoms with Crippen LogP contribution < -0.4 is 10.1 Å². The number of aromatic amines is 1. The van der Waals surface area contributed by atoms with Crippen LogP contribution in [0.5, 0.6) is 5.88 Å². The zero-order valence-corrected chi connectivity index (χ0v) is 15.5. The lowest BCUT2D eigenvalue weighted by atomic mass is 10.1. The van der Waals surface area contributed by atoms with Crippen LogP contribution in [0.1, 0.15) is 18.5 Å². The lowest BCUT2D eigenvalue weighted by Crippen LogP contribution is -2.33. The van der Waals surface area contributed by atoms with Gasteiger partial charge in [0.15, 0.2) is 0 Å². The van der Waals surface area contributed by atoms with Gasteiger partial charge in [0.1, 0.15) is 6.10 Å². The molecule has 0 unspecified atom stereocenters. The molecule has 1 atom stereocenters. The van der Waals surface area contributed by atoms with Crippen molar-refractivity contribution >= 4 is 28.4 Å². The van der Waals surface area contributed by atoms with Crippen LogP contribution in [0.3, 0.4) is 0 Å². The van der Waals surface area contributed by atoms with Gasteiger partial charge in [0.25, 0.3) is 0 Å². The van der Waals surface area contributed by atoms with Crippen LogP contribution in [0.15, 0.2) is 30.6 Å². The number of carbonyl (C=O) groups excluding carboxylic acids is 1. The second-order valence-electron chi connectivity index (χ2n) is 6.38.